The standard InChI is InChI=1S/C12H13N3O3S/c13-6-8-1-3-10(7-14-8)19(16,17)15-11-5-9-2-4-12(11)18-9/h1,3,7,9,11-12,15H,2,4-5H2. The molecule has 2 bridgehead atoms. The van der Waals surface area contributed by atoms with E-state index >= 15 is 0 Å². The van der Waals surface area contributed by atoms with Crippen molar-refractivity contribution in [2.45, 2.75) is 42.4 Å². The third-order valence-electron chi connectivity index (χ3n) is 3.57. The zero-order valence-corrected chi connectivity index (χ0v) is 10.9. The maximum absolute atomic E-state index is 12.2. The number of ether oxygens (including phenoxy) is 1. The molecule has 0 radical (unpaired) electrons. The predicted molar refractivity (Wildman–Crippen MR) is 65.6 cm³/mol. The summed E-state index contributed by atoms with van der Waals surface area (Å²) in [5.74, 6) is 0. The first-order valence-corrected chi connectivity index (χ1v) is 7.61. The number of nitriles is 1. The van der Waals surface area contributed by atoms with Crippen LogP contribution in [-0.2, 0) is 14.8 Å². The summed E-state index contributed by atoms with van der Waals surface area (Å²) in [6, 6.07) is 4.49. The summed E-state index contributed by atoms with van der Waals surface area (Å²) in [5.41, 5.74) is 0.196. The minimum absolute atomic E-state index is 0.00823. The zero-order chi connectivity index (χ0) is 13.5. The summed E-state index contributed by atoms with van der Waals surface area (Å²) in [6.45, 7) is 0. The van der Waals surface area contributed by atoms with Gasteiger partial charge in [-0.15, -0.1) is 0 Å². The van der Waals surface area contributed by atoms with Crippen LogP contribution < -0.4 is 4.72 Å². The van der Waals surface area contributed by atoms with Crippen molar-refractivity contribution in [1.29, 1.82) is 5.26 Å². The van der Waals surface area contributed by atoms with E-state index in [1.165, 1.54) is 18.3 Å². The van der Waals surface area contributed by atoms with Crippen LogP contribution in [0.3, 0.4) is 0 Å². The Balaban J connectivity index is 1.77. The van der Waals surface area contributed by atoms with Crippen LogP contribution in [0, 0.1) is 11.3 Å². The summed E-state index contributed by atoms with van der Waals surface area (Å²) < 4.78 is 32.6. The second-order valence-electron chi connectivity index (χ2n) is 4.83. The minimum Gasteiger partial charge on any atom is -0.373 e. The Morgan fingerprint density at radius 1 is 1.42 bits per heavy atom. The molecule has 6 nitrogen and oxygen atoms in total. The van der Waals surface area contributed by atoms with Crippen LogP contribution in [0.25, 0.3) is 0 Å². The summed E-state index contributed by atoms with van der Waals surface area (Å²) >= 11 is 0. The van der Waals surface area contributed by atoms with Gasteiger partial charge in [0, 0.05) is 6.20 Å². The first-order chi connectivity index (χ1) is 9.08. The molecule has 3 rings (SSSR count). The quantitative estimate of drug-likeness (QED) is 0.872. The number of aromatic nitrogens is 1. The summed E-state index contributed by atoms with van der Waals surface area (Å²) in [5, 5.41) is 8.64. The smallest absolute Gasteiger partial charge is 0.242 e. The van der Waals surface area contributed by atoms with E-state index in [2.05, 4.69) is 9.71 Å². The first kappa shape index (κ1) is 12.5. The molecule has 3 heterocycles. The van der Waals surface area contributed by atoms with Crippen molar-refractivity contribution in [1.82, 2.24) is 9.71 Å². The van der Waals surface area contributed by atoms with Gasteiger partial charge in [-0.05, 0) is 31.4 Å². The highest BCUT2D eigenvalue weighted by atomic mass is 32.2. The van der Waals surface area contributed by atoms with Gasteiger partial charge in [-0.3, -0.25) is 0 Å². The molecular weight excluding hydrogens is 266 g/mol. The lowest BCUT2D eigenvalue weighted by molar-refractivity contribution is 0.0996. The Bertz CT molecular complexity index is 621. The monoisotopic (exact) mass is 279 g/mol. The number of sulfonamides is 1. The molecule has 0 saturated carbocycles. The van der Waals surface area contributed by atoms with Gasteiger partial charge in [-0.2, -0.15) is 5.26 Å². The number of nitrogens with zero attached hydrogens (tertiary/aromatic N) is 2. The largest absolute Gasteiger partial charge is 0.373 e. The molecule has 0 aliphatic carbocycles. The fraction of sp³-hybridized carbons (Fsp3) is 0.500. The second kappa shape index (κ2) is 4.56. The van der Waals surface area contributed by atoms with E-state index in [1.54, 1.807) is 0 Å². The summed E-state index contributed by atoms with van der Waals surface area (Å²) in [4.78, 5) is 3.85. The number of pyridine rings is 1. The molecule has 100 valence electrons. The molecule has 2 saturated heterocycles. The maximum atomic E-state index is 12.2. The van der Waals surface area contributed by atoms with Gasteiger partial charge in [-0.25, -0.2) is 18.1 Å². The number of fused-ring (bicyclic) bond motifs is 2. The van der Waals surface area contributed by atoms with Crippen molar-refractivity contribution < 1.29 is 13.2 Å². The van der Waals surface area contributed by atoms with E-state index < -0.39 is 10.0 Å². The molecule has 3 unspecified atom stereocenters. The van der Waals surface area contributed by atoms with E-state index in [0.717, 1.165) is 19.3 Å². The molecular formula is C12H13N3O3S. The lowest BCUT2D eigenvalue weighted by atomic mass is 9.96. The van der Waals surface area contributed by atoms with E-state index in [9.17, 15) is 8.42 Å². The Morgan fingerprint density at radius 2 is 2.26 bits per heavy atom. The predicted octanol–water partition coefficient (Wildman–Crippen LogP) is 0.551. The fourth-order valence-electron chi connectivity index (χ4n) is 2.63. The lowest BCUT2D eigenvalue weighted by Gasteiger charge is -2.19. The summed E-state index contributed by atoms with van der Waals surface area (Å²) in [6.07, 6.45) is 4.04. The van der Waals surface area contributed by atoms with Crippen molar-refractivity contribution in [3.63, 3.8) is 0 Å². The van der Waals surface area contributed by atoms with Crippen molar-refractivity contribution in [2.75, 3.05) is 0 Å². The molecule has 19 heavy (non-hydrogen) atoms. The second-order valence-corrected chi connectivity index (χ2v) is 6.54. The van der Waals surface area contributed by atoms with Crippen molar-refractivity contribution >= 4 is 10.0 Å². The van der Waals surface area contributed by atoms with E-state index in [4.69, 9.17) is 10.00 Å². The molecule has 1 N–H and O–H groups in total. The van der Waals surface area contributed by atoms with E-state index in [-0.39, 0.29) is 28.8 Å². The van der Waals surface area contributed by atoms with E-state index in [0.29, 0.717) is 0 Å². The van der Waals surface area contributed by atoms with Crippen LogP contribution in [-0.4, -0.2) is 31.7 Å². The topological polar surface area (TPSA) is 92.1 Å². The number of rotatable bonds is 3. The van der Waals surface area contributed by atoms with Gasteiger partial charge >= 0.3 is 0 Å². The molecule has 2 aliphatic heterocycles. The van der Waals surface area contributed by atoms with Crippen LogP contribution in [0.2, 0.25) is 0 Å². The number of nitrogens with one attached hydrogen (secondary N) is 1. The lowest BCUT2D eigenvalue weighted by Crippen LogP contribution is -2.41. The number of hydrogen-bond donors (Lipinski definition) is 1. The van der Waals surface area contributed by atoms with E-state index in [1.807, 2.05) is 6.07 Å². The van der Waals surface area contributed by atoms with Gasteiger partial charge in [0.2, 0.25) is 10.0 Å². The third kappa shape index (κ3) is 2.34. The Morgan fingerprint density at radius 3 is 2.79 bits per heavy atom. The van der Waals surface area contributed by atoms with Crippen molar-refractivity contribution in [3.8, 4) is 6.07 Å². The minimum atomic E-state index is -3.59. The average Bonchev–Trinajstić information content (AvgIpc) is 3.00. The van der Waals surface area contributed by atoms with Crippen molar-refractivity contribution in [3.05, 3.63) is 24.0 Å². The molecule has 0 aromatic carbocycles. The first-order valence-electron chi connectivity index (χ1n) is 6.12. The molecule has 1 aromatic rings. The molecule has 2 aliphatic rings. The highest BCUT2D eigenvalue weighted by Gasteiger charge is 2.42. The van der Waals surface area contributed by atoms with Gasteiger partial charge in [0.15, 0.2) is 0 Å². The molecule has 7 heteroatoms. The molecule has 0 spiro atoms. The average molecular weight is 279 g/mol. The maximum Gasteiger partial charge on any atom is 0.242 e. The Kier molecular flexibility index (Phi) is 3.01. The van der Waals surface area contributed by atoms with Gasteiger partial charge in [0.05, 0.1) is 18.2 Å². The van der Waals surface area contributed by atoms with Crippen LogP contribution in [0.4, 0.5) is 0 Å². The fourth-order valence-corrected chi connectivity index (χ4v) is 3.86. The Hall–Kier alpha value is -1.49. The molecule has 1 aromatic heterocycles. The van der Waals surface area contributed by atoms with Gasteiger partial charge in [0.25, 0.3) is 0 Å². The highest BCUT2D eigenvalue weighted by Crippen LogP contribution is 2.34. The molecule has 2 fully saturated rings. The van der Waals surface area contributed by atoms with Crippen LogP contribution in [0.1, 0.15) is 25.0 Å². The summed E-state index contributed by atoms with van der Waals surface area (Å²) in [7, 11) is -3.59. The normalized spacial score (nSPS) is 29.3. The highest BCUT2D eigenvalue weighted by molar-refractivity contribution is 7.89. The van der Waals surface area contributed by atoms with Gasteiger partial charge in [0.1, 0.15) is 16.7 Å². The molecule has 3 atom stereocenters. The Labute approximate surface area is 111 Å². The zero-order valence-electron chi connectivity index (χ0n) is 10.1. The van der Waals surface area contributed by atoms with Gasteiger partial charge < -0.3 is 4.74 Å². The number of hydrogen-bond acceptors (Lipinski definition) is 5. The van der Waals surface area contributed by atoms with Crippen LogP contribution in [0.5, 0.6) is 0 Å². The van der Waals surface area contributed by atoms with Crippen LogP contribution >= 0.6 is 0 Å². The third-order valence-corrected chi connectivity index (χ3v) is 5.05. The van der Waals surface area contributed by atoms with Crippen molar-refractivity contribution in [2.24, 2.45) is 0 Å². The van der Waals surface area contributed by atoms with Gasteiger partial charge in [-0.1, -0.05) is 0 Å². The molecule has 0 amide bonds. The van der Waals surface area contributed by atoms with Crippen LogP contribution in [0.15, 0.2) is 23.2 Å². The SMILES string of the molecule is N#Cc1ccc(S(=O)(=O)NC2CC3CCC2O3)cn1.